The van der Waals surface area contributed by atoms with Gasteiger partial charge in [0, 0.05) is 5.41 Å². The molecule has 5 rings (SSSR count). The van der Waals surface area contributed by atoms with Crippen LogP contribution in [0.2, 0.25) is 0 Å². The summed E-state index contributed by atoms with van der Waals surface area (Å²) in [4.78, 5) is 11.1. The van der Waals surface area contributed by atoms with Gasteiger partial charge in [-0.25, -0.2) is 0 Å². The average molecular weight is 423 g/mol. The van der Waals surface area contributed by atoms with Crippen molar-refractivity contribution in [2.24, 2.45) is 28.6 Å². The summed E-state index contributed by atoms with van der Waals surface area (Å²) in [6.45, 7) is 16.8. The lowest BCUT2D eigenvalue weighted by Gasteiger charge is -2.50. The van der Waals surface area contributed by atoms with Crippen LogP contribution < -0.4 is 0 Å². The molecule has 172 valence electrons. The quantitative estimate of drug-likeness (QED) is 0.252. The van der Waals surface area contributed by atoms with Gasteiger partial charge in [0.05, 0.1) is 0 Å². The molecule has 1 spiro atoms. The van der Waals surface area contributed by atoms with Gasteiger partial charge in [-0.1, -0.05) is 75.1 Å². The Morgan fingerprint density at radius 1 is 1.19 bits per heavy atom. The Bertz CT molecular complexity index is 736. The number of allylic oxidation sites excluding steroid dienone is 8. The predicted octanol–water partition coefficient (Wildman–Crippen LogP) is 8.80. The molecule has 0 heterocycles. The fraction of sp³-hybridized carbons (Fsp3) is 0.633. The first-order valence-electron chi connectivity index (χ1n) is 12.7. The van der Waals surface area contributed by atoms with Crippen LogP contribution in [0.5, 0.6) is 0 Å². The van der Waals surface area contributed by atoms with E-state index in [9.17, 15) is 4.79 Å². The molecule has 0 amide bonds. The third-order valence-electron chi connectivity index (χ3n) is 8.48. The third kappa shape index (κ3) is 4.91. The number of rotatable bonds is 3. The van der Waals surface area contributed by atoms with E-state index in [1.807, 2.05) is 19.9 Å². The Kier molecular flexibility index (Phi) is 9.34. The number of hydrogen-bond acceptors (Lipinski definition) is 1. The first-order chi connectivity index (χ1) is 15.0. The molecule has 3 saturated carbocycles. The second-order valence-corrected chi connectivity index (χ2v) is 9.88. The fourth-order valence-corrected chi connectivity index (χ4v) is 7.05. The van der Waals surface area contributed by atoms with E-state index in [0.717, 1.165) is 35.9 Å². The van der Waals surface area contributed by atoms with Crippen molar-refractivity contribution in [3.63, 3.8) is 0 Å². The van der Waals surface area contributed by atoms with Gasteiger partial charge in [0.1, 0.15) is 6.29 Å². The summed E-state index contributed by atoms with van der Waals surface area (Å²) in [6.07, 6.45) is 23.7. The molecular weight excluding hydrogens is 376 g/mol. The molecule has 3 fully saturated rings. The molecule has 0 saturated heterocycles. The van der Waals surface area contributed by atoms with Crippen LogP contribution in [0.15, 0.2) is 60.3 Å². The summed E-state index contributed by atoms with van der Waals surface area (Å²) >= 11 is 0. The van der Waals surface area contributed by atoms with Crippen LogP contribution in [0, 0.1) is 28.6 Å². The topological polar surface area (TPSA) is 17.1 Å². The van der Waals surface area contributed by atoms with Crippen LogP contribution in [0.4, 0.5) is 0 Å². The van der Waals surface area contributed by atoms with Crippen molar-refractivity contribution < 1.29 is 4.79 Å². The maximum absolute atomic E-state index is 11.1. The van der Waals surface area contributed by atoms with Gasteiger partial charge in [-0.05, 0) is 87.5 Å². The average Bonchev–Trinajstić information content (AvgIpc) is 3.10. The van der Waals surface area contributed by atoms with Crippen LogP contribution in [-0.4, -0.2) is 6.29 Å². The van der Waals surface area contributed by atoms with Gasteiger partial charge in [-0.3, -0.25) is 4.79 Å². The molecule has 1 nitrogen and oxygen atoms in total. The molecule has 0 aliphatic heterocycles. The minimum absolute atomic E-state index is 0.174. The molecule has 0 radical (unpaired) electrons. The van der Waals surface area contributed by atoms with E-state index < -0.39 is 0 Å². The molecular formula is C30H46O. The lowest BCUT2D eigenvalue weighted by atomic mass is 9.55. The Balaban J connectivity index is 0.000000289. The Morgan fingerprint density at radius 3 is 2.45 bits per heavy atom. The molecule has 5 atom stereocenters. The van der Waals surface area contributed by atoms with Crippen LogP contribution in [-0.2, 0) is 4.79 Å². The molecule has 5 unspecified atom stereocenters. The minimum atomic E-state index is 0.174. The molecule has 5 aliphatic carbocycles. The molecule has 31 heavy (non-hydrogen) atoms. The van der Waals surface area contributed by atoms with Crippen molar-refractivity contribution in [2.45, 2.75) is 92.4 Å². The van der Waals surface area contributed by atoms with E-state index in [1.54, 1.807) is 5.57 Å². The lowest BCUT2D eigenvalue weighted by Crippen LogP contribution is -2.39. The Labute approximate surface area is 192 Å². The lowest BCUT2D eigenvalue weighted by molar-refractivity contribution is -0.104. The number of hydrogen-bond donors (Lipinski definition) is 0. The summed E-state index contributed by atoms with van der Waals surface area (Å²) in [7, 11) is 0. The van der Waals surface area contributed by atoms with Crippen LogP contribution in [0.1, 0.15) is 92.4 Å². The number of carbonyl (C=O) groups excluding carboxylic acids is 1. The van der Waals surface area contributed by atoms with Crippen LogP contribution in [0.3, 0.4) is 0 Å². The van der Waals surface area contributed by atoms with Crippen molar-refractivity contribution >= 4 is 6.29 Å². The smallest absolute Gasteiger partial charge is 0.142 e. The highest BCUT2D eigenvalue weighted by Gasteiger charge is 2.65. The van der Waals surface area contributed by atoms with E-state index in [-0.39, 0.29) is 5.41 Å². The van der Waals surface area contributed by atoms with E-state index in [1.165, 1.54) is 62.5 Å². The molecule has 1 heteroatoms. The molecule has 0 aromatic heterocycles. The largest absolute Gasteiger partial charge is 0.299 e. The zero-order chi connectivity index (χ0) is 23.1. The number of carbonyl (C=O) groups is 1. The minimum Gasteiger partial charge on any atom is -0.299 e. The van der Waals surface area contributed by atoms with Crippen molar-refractivity contribution in [3.8, 4) is 0 Å². The third-order valence-corrected chi connectivity index (χ3v) is 8.48. The summed E-state index contributed by atoms with van der Waals surface area (Å²) < 4.78 is 0. The summed E-state index contributed by atoms with van der Waals surface area (Å²) in [5.74, 6) is 2.85. The highest BCUT2D eigenvalue weighted by atomic mass is 16.1. The van der Waals surface area contributed by atoms with E-state index in [4.69, 9.17) is 0 Å². The first kappa shape index (κ1) is 25.6. The highest BCUT2D eigenvalue weighted by Crippen LogP contribution is 2.74. The molecule has 0 aromatic carbocycles. The monoisotopic (exact) mass is 422 g/mol. The standard InChI is InChI=1S/C20H28O.C6H8.C2H6.C2H4/c1-3-10-19(2)14(9-12-21)4-6-16-17(19)8-11-20-13-15(20)5-7-18(16)20;1-6-4-2-3-5-6;2*1-2/h8-9,12,15-16,18H,3-7,10-11,13H2,1-2H3;2-4H,5H2,1H3;1-2H3;1-2H2/b14-9-;;;. The van der Waals surface area contributed by atoms with E-state index in [2.05, 4.69) is 58.2 Å². The van der Waals surface area contributed by atoms with Gasteiger partial charge in [-0.2, -0.15) is 0 Å². The molecule has 0 N–H and O–H groups in total. The van der Waals surface area contributed by atoms with Gasteiger partial charge in [-0.15, -0.1) is 13.2 Å². The maximum Gasteiger partial charge on any atom is 0.142 e. The van der Waals surface area contributed by atoms with Gasteiger partial charge in [0.25, 0.3) is 0 Å². The molecule has 0 aromatic rings. The first-order valence-corrected chi connectivity index (χ1v) is 12.7. The van der Waals surface area contributed by atoms with Gasteiger partial charge in [0.2, 0.25) is 0 Å². The van der Waals surface area contributed by atoms with Gasteiger partial charge >= 0.3 is 0 Å². The van der Waals surface area contributed by atoms with E-state index in [0.29, 0.717) is 0 Å². The van der Waals surface area contributed by atoms with Gasteiger partial charge in [0.15, 0.2) is 0 Å². The Hall–Kier alpha value is -1.63. The highest BCUT2D eigenvalue weighted by molar-refractivity contribution is 5.67. The van der Waals surface area contributed by atoms with Crippen molar-refractivity contribution in [1.29, 1.82) is 0 Å². The maximum atomic E-state index is 11.1. The second-order valence-electron chi connectivity index (χ2n) is 9.88. The van der Waals surface area contributed by atoms with Crippen molar-refractivity contribution in [2.75, 3.05) is 0 Å². The fourth-order valence-electron chi connectivity index (χ4n) is 7.05. The Morgan fingerprint density at radius 2 is 1.94 bits per heavy atom. The van der Waals surface area contributed by atoms with Gasteiger partial charge < -0.3 is 0 Å². The molecule has 0 bridgehead atoms. The summed E-state index contributed by atoms with van der Waals surface area (Å²) in [5, 5.41) is 0. The van der Waals surface area contributed by atoms with Crippen LogP contribution >= 0.6 is 0 Å². The number of fused-ring (bicyclic) bond motifs is 2. The van der Waals surface area contributed by atoms with Crippen molar-refractivity contribution in [1.82, 2.24) is 0 Å². The van der Waals surface area contributed by atoms with Crippen molar-refractivity contribution in [3.05, 3.63) is 60.3 Å². The van der Waals surface area contributed by atoms with Crippen LogP contribution in [0.25, 0.3) is 0 Å². The zero-order valence-electron chi connectivity index (χ0n) is 20.9. The zero-order valence-corrected chi connectivity index (χ0v) is 20.9. The molecule has 5 aliphatic rings. The summed E-state index contributed by atoms with van der Waals surface area (Å²) in [6, 6.07) is 0. The normalized spacial score (nSPS) is 37.2. The second kappa shape index (κ2) is 11.3. The summed E-state index contributed by atoms with van der Waals surface area (Å²) in [5.41, 5.74) is 5.49. The SMILES string of the molecule is C=C.CC.CC1=CC=CC1.CCCC1(C)C2=CCC34CC3CCC4C2CC/C1=C/C=O. The predicted molar refractivity (Wildman–Crippen MR) is 136 cm³/mol. The number of aldehydes is 1. The van der Waals surface area contributed by atoms with E-state index >= 15 is 0 Å².